The summed E-state index contributed by atoms with van der Waals surface area (Å²) in [6.45, 7) is 4.70. The van der Waals surface area contributed by atoms with E-state index in [2.05, 4.69) is 168 Å². The SMILES string of the molecule is CC1(C)c2ccccc2-c2c(-n3c4ccccc4c4cc(-c5cccc(-c6ccc(Br)cc6)c5)ccc43)cccc21. The van der Waals surface area contributed by atoms with Gasteiger partial charge in [-0.05, 0) is 81.4 Å². The molecular weight excluding hydrogens is 562 g/mol. The number of nitrogens with zero attached hydrogens (tertiary/aromatic N) is 1. The van der Waals surface area contributed by atoms with Crippen LogP contribution in [0.2, 0.25) is 0 Å². The minimum Gasteiger partial charge on any atom is -0.309 e. The molecule has 0 amide bonds. The van der Waals surface area contributed by atoms with Crippen molar-refractivity contribution in [3.05, 3.63) is 149 Å². The molecule has 1 aliphatic carbocycles. The number of aromatic nitrogens is 1. The fourth-order valence-electron chi connectivity index (χ4n) is 6.85. The lowest BCUT2D eigenvalue weighted by molar-refractivity contribution is 0.660. The molecule has 2 heteroatoms. The van der Waals surface area contributed by atoms with Crippen molar-refractivity contribution >= 4 is 37.7 Å². The van der Waals surface area contributed by atoms with Crippen LogP contribution in [0.3, 0.4) is 0 Å². The third kappa shape index (κ3) is 3.67. The summed E-state index contributed by atoms with van der Waals surface area (Å²) in [6.07, 6.45) is 0. The van der Waals surface area contributed by atoms with Gasteiger partial charge in [-0.2, -0.15) is 0 Å². The highest BCUT2D eigenvalue weighted by atomic mass is 79.9. The fourth-order valence-corrected chi connectivity index (χ4v) is 7.12. The molecule has 1 heterocycles. The Labute approximate surface area is 248 Å². The van der Waals surface area contributed by atoms with Crippen LogP contribution in [0.5, 0.6) is 0 Å². The molecule has 0 saturated heterocycles. The first kappa shape index (κ1) is 24.4. The van der Waals surface area contributed by atoms with Gasteiger partial charge in [0.1, 0.15) is 0 Å². The summed E-state index contributed by atoms with van der Waals surface area (Å²) in [7, 11) is 0. The van der Waals surface area contributed by atoms with E-state index in [1.54, 1.807) is 0 Å². The summed E-state index contributed by atoms with van der Waals surface area (Å²) in [4.78, 5) is 0. The first-order chi connectivity index (χ1) is 20.0. The zero-order valence-corrected chi connectivity index (χ0v) is 24.6. The molecule has 0 bridgehead atoms. The molecule has 1 aromatic heterocycles. The van der Waals surface area contributed by atoms with Crippen LogP contribution < -0.4 is 0 Å². The molecule has 7 aromatic rings. The van der Waals surface area contributed by atoms with Gasteiger partial charge >= 0.3 is 0 Å². The van der Waals surface area contributed by atoms with Crippen LogP contribution in [0.4, 0.5) is 0 Å². The molecule has 196 valence electrons. The van der Waals surface area contributed by atoms with Gasteiger partial charge in [-0.15, -0.1) is 0 Å². The van der Waals surface area contributed by atoms with Crippen molar-refractivity contribution in [1.82, 2.24) is 4.57 Å². The molecule has 1 nitrogen and oxygen atoms in total. The topological polar surface area (TPSA) is 4.93 Å². The quantitative estimate of drug-likeness (QED) is 0.193. The molecule has 0 aliphatic heterocycles. The lowest BCUT2D eigenvalue weighted by Crippen LogP contribution is -2.14. The second kappa shape index (κ2) is 9.06. The number of rotatable bonds is 3. The third-order valence-electron chi connectivity index (χ3n) is 8.87. The van der Waals surface area contributed by atoms with Crippen molar-refractivity contribution < 1.29 is 0 Å². The van der Waals surface area contributed by atoms with Gasteiger partial charge in [-0.25, -0.2) is 0 Å². The van der Waals surface area contributed by atoms with E-state index in [4.69, 9.17) is 0 Å². The number of halogens is 1. The Kier molecular flexibility index (Phi) is 5.39. The van der Waals surface area contributed by atoms with Gasteiger partial charge in [0.2, 0.25) is 0 Å². The van der Waals surface area contributed by atoms with E-state index in [0.717, 1.165) is 4.47 Å². The van der Waals surface area contributed by atoms with Crippen LogP contribution in [0.15, 0.2) is 138 Å². The Morgan fingerprint density at radius 3 is 2.00 bits per heavy atom. The van der Waals surface area contributed by atoms with Crippen molar-refractivity contribution in [1.29, 1.82) is 0 Å². The summed E-state index contributed by atoms with van der Waals surface area (Å²) >= 11 is 3.56. The van der Waals surface area contributed by atoms with Crippen molar-refractivity contribution in [3.63, 3.8) is 0 Å². The van der Waals surface area contributed by atoms with Crippen molar-refractivity contribution in [2.45, 2.75) is 19.3 Å². The van der Waals surface area contributed by atoms with Crippen LogP contribution in [-0.2, 0) is 5.41 Å². The maximum absolute atomic E-state index is 3.56. The molecule has 0 spiro atoms. The van der Waals surface area contributed by atoms with Crippen molar-refractivity contribution in [2.75, 3.05) is 0 Å². The van der Waals surface area contributed by atoms with E-state index in [9.17, 15) is 0 Å². The predicted molar refractivity (Wildman–Crippen MR) is 177 cm³/mol. The minimum atomic E-state index is -0.0340. The van der Waals surface area contributed by atoms with Gasteiger partial charge in [0.25, 0.3) is 0 Å². The standard InChI is InChI=1S/C39H28BrN/c1-39(2)33-13-5-3-12-31(33)38-34(39)14-8-16-37(38)41-35-15-6-4-11-30(35)32-24-28(19-22-36(32)41)27-10-7-9-26(23-27)25-17-20-29(40)21-18-25/h3-24H,1-2H3. The molecular formula is C39H28BrN. The molecule has 0 radical (unpaired) electrons. The average Bonchev–Trinajstić information content (AvgIpc) is 3.46. The zero-order valence-electron chi connectivity index (χ0n) is 23.0. The Morgan fingerprint density at radius 1 is 0.512 bits per heavy atom. The molecule has 0 unspecified atom stereocenters. The summed E-state index contributed by atoms with van der Waals surface area (Å²) < 4.78 is 3.57. The Bertz CT molecular complexity index is 2130. The summed E-state index contributed by atoms with van der Waals surface area (Å²) in [6, 6.07) is 48.9. The Hall–Kier alpha value is -4.40. The molecule has 0 fully saturated rings. The van der Waals surface area contributed by atoms with E-state index in [1.807, 2.05) is 0 Å². The predicted octanol–water partition coefficient (Wildman–Crippen LogP) is 11.2. The highest BCUT2D eigenvalue weighted by Crippen LogP contribution is 2.51. The van der Waals surface area contributed by atoms with Crippen LogP contribution in [0.1, 0.15) is 25.0 Å². The maximum Gasteiger partial charge on any atom is 0.0543 e. The number of benzene rings is 6. The zero-order chi connectivity index (χ0) is 27.7. The number of fused-ring (bicyclic) bond motifs is 6. The largest absolute Gasteiger partial charge is 0.309 e. The average molecular weight is 591 g/mol. The van der Waals surface area contributed by atoms with Crippen LogP contribution in [-0.4, -0.2) is 4.57 Å². The van der Waals surface area contributed by atoms with Crippen molar-refractivity contribution in [3.8, 4) is 39.1 Å². The Morgan fingerprint density at radius 2 is 1.15 bits per heavy atom. The monoisotopic (exact) mass is 589 g/mol. The first-order valence-electron chi connectivity index (χ1n) is 14.1. The van der Waals surface area contributed by atoms with Gasteiger partial charge in [0.15, 0.2) is 0 Å². The maximum atomic E-state index is 3.56. The van der Waals surface area contributed by atoms with Crippen LogP contribution in [0.25, 0.3) is 60.9 Å². The highest BCUT2D eigenvalue weighted by molar-refractivity contribution is 9.10. The Balaban J connectivity index is 1.35. The summed E-state index contributed by atoms with van der Waals surface area (Å²) in [5.74, 6) is 0. The van der Waals surface area contributed by atoms with Gasteiger partial charge in [-0.1, -0.05) is 121 Å². The molecule has 41 heavy (non-hydrogen) atoms. The number of para-hydroxylation sites is 1. The van der Waals surface area contributed by atoms with E-state index in [0.29, 0.717) is 0 Å². The van der Waals surface area contributed by atoms with Gasteiger partial charge in [-0.3, -0.25) is 0 Å². The smallest absolute Gasteiger partial charge is 0.0543 e. The van der Waals surface area contributed by atoms with Gasteiger partial charge in [0.05, 0.1) is 16.7 Å². The molecule has 0 saturated carbocycles. The summed E-state index contributed by atoms with van der Waals surface area (Å²) in [5.41, 5.74) is 14.0. The van der Waals surface area contributed by atoms with E-state index >= 15 is 0 Å². The van der Waals surface area contributed by atoms with Gasteiger partial charge < -0.3 is 4.57 Å². The molecule has 1 aliphatic rings. The molecule has 0 atom stereocenters. The summed E-state index contributed by atoms with van der Waals surface area (Å²) in [5, 5.41) is 2.55. The first-order valence-corrected chi connectivity index (χ1v) is 14.9. The number of hydrogen-bond donors (Lipinski definition) is 0. The third-order valence-corrected chi connectivity index (χ3v) is 9.40. The van der Waals surface area contributed by atoms with E-state index in [-0.39, 0.29) is 5.41 Å². The number of hydrogen-bond acceptors (Lipinski definition) is 0. The van der Waals surface area contributed by atoms with Gasteiger partial charge in [0, 0.05) is 26.2 Å². The lowest BCUT2D eigenvalue weighted by atomic mass is 9.82. The van der Waals surface area contributed by atoms with Crippen LogP contribution in [0, 0.1) is 0 Å². The fraction of sp³-hybridized carbons (Fsp3) is 0.0769. The van der Waals surface area contributed by atoms with Crippen LogP contribution >= 0.6 is 15.9 Å². The molecule has 8 rings (SSSR count). The normalized spacial score (nSPS) is 13.4. The van der Waals surface area contributed by atoms with Crippen molar-refractivity contribution in [2.24, 2.45) is 0 Å². The highest BCUT2D eigenvalue weighted by Gasteiger charge is 2.37. The second-order valence-electron chi connectivity index (χ2n) is 11.5. The molecule has 6 aromatic carbocycles. The lowest BCUT2D eigenvalue weighted by Gasteiger charge is -2.21. The molecule has 0 N–H and O–H groups in total. The second-order valence-corrected chi connectivity index (χ2v) is 12.5. The minimum absolute atomic E-state index is 0.0340. The van der Waals surface area contributed by atoms with E-state index in [1.165, 1.54) is 72.0 Å². The van der Waals surface area contributed by atoms with E-state index < -0.39 is 0 Å².